The average molecular weight is 441 g/mol. The van der Waals surface area contributed by atoms with Crippen LogP contribution in [-0.4, -0.2) is 59.8 Å². The molecule has 1 fully saturated rings. The summed E-state index contributed by atoms with van der Waals surface area (Å²) in [6, 6.07) is 6.15. The SMILES string of the molecule is COC1=C(O)C=CC(C)(CCC(C)(C)N2Cc3cccc(C(=O)N4CCOCC4)c3C2)C1. The highest BCUT2D eigenvalue weighted by Crippen LogP contribution is 2.41. The van der Waals surface area contributed by atoms with Gasteiger partial charge in [0.1, 0.15) is 5.76 Å². The minimum Gasteiger partial charge on any atom is -0.504 e. The number of methoxy groups -OCH3 is 1. The maximum atomic E-state index is 13.2. The summed E-state index contributed by atoms with van der Waals surface area (Å²) in [5.74, 6) is 1.02. The van der Waals surface area contributed by atoms with Crippen molar-refractivity contribution in [2.24, 2.45) is 5.41 Å². The minimum atomic E-state index is -0.0428. The molecule has 1 aromatic carbocycles. The van der Waals surface area contributed by atoms with Crippen molar-refractivity contribution in [1.82, 2.24) is 9.80 Å². The molecule has 1 amide bonds. The van der Waals surface area contributed by atoms with Crippen LogP contribution in [0.5, 0.6) is 0 Å². The molecule has 1 saturated heterocycles. The first-order chi connectivity index (χ1) is 15.2. The number of carbonyl (C=O) groups is 1. The summed E-state index contributed by atoms with van der Waals surface area (Å²) in [6.45, 7) is 11.0. The number of fused-ring (bicyclic) bond motifs is 1. The van der Waals surface area contributed by atoms with Crippen molar-refractivity contribution >= 4 is 5.91 Å². The van der Waals surface area contributed by atoms with Crippen LogP contribution < -0.4 is 0 Å². The van der Waals surface area contributed by atoms with Crippen LogP contribution in [0, 0.1) is 5.41 Å². The zero-order valence-electron chi connectivity index (χ0n) is 19.8. The maximum absolute atomic E-state index is 13.2. The third-order valence-corrected chi connectivity index (χ3v) is 7.42. The topological polar surface area (TPSA) is 62.2 Å². The number of hydrogen-bond donors (Lipinski definition) is 1. The van der Waals surface area contributed by atoms with Crippen molar-refractivity contribution in [1.29, 1.82) is 0 Å². The Morgan fingerprint density at radius 1 is 1.25 bits per heavy atom. The summed E-state index contributed by atoms with van der Waals surface area (Å²) in [5, 5.41) is 9.99. The zero-order chi connectivity index (χ0) is 22.9. The second-order valence-corrected chi connectivity index (χ2v) is 10.2. The van der Waals surface area contributed by atoms with Gasteiger partial charge in [-0.2, -0.15) is 0 Å². The Balaban J connectivity index is 1.44. The number of amides is 1. The van der Waals surface area contributed by atoms with E-state index in [2.05, 4.69) is 37.8 Å². The van der Waals surface area contributed by atoms with Gasteiger partial charge in [-0.3, -0.25) is 9.69 Å². The van der Waals surface area contributed by atoms with Gasteiger partial charge < -0.3 is 19.5 Å². The molecule has 174 valence electrons. The molecule has 3 aliphatic rings. The van der Waals surface area contributed by atoms with Gasteiger partial charge in [0.2, 0.25) is 0 Å². The lowest BCUT2D eigenvalue weighted by Gasteiger charge is -2.39. The van der Waals surface area contributed by atoms with E-state index in [1.807, 2.05) is 17.0 Å². The van der Waals surface area contributed by atoms with Gasteiger partial charge in [-0.1, -0.05) is 25.1 Å². The van der Waals surface area contributed by atoms with Crippen LogP contribution in [0.4, 0.5) is 0 Å². The molecule has 1 aromatic rings. The lowest BCUT2D eigenvalue weighted by atomic mass is 9.76. The van der Waals surface area contributed by atoms with E-state index >= 15 is 0 Å². The fourth-order valence-corrected chi connectivity index (χ4v) is 4.97. The lowest BCUT2D eigenvalue weighted by Crippen LogP contribution is -2.42. The first kappa shape index (κ1) is 22.9. The molecule has 2 aliphatic heterocycles. The van der Waals surface area contributed by atoms with Crippen molar-refractivity contribution in [3.63, 3.8) is 0 Å². The summed E-state index contributed by atoms with van der Waals surface area (Å²) >= 11 is 0. The van der Waals surface area contributed by atoms with Crippen molar-refractivity contribution in [2.75, 3.05) is 33.4 Å². The molecule has 1 N–H and O–H groups in total. The van der Waals surface area contributed by atoms with E-state index in [1.165, 1.54) is 11.1 Å². The first-order valence-electron chi connectivity index (χ1n) is 11.6. The van der Waals surface area contributed by atoms with Crippen LogP contribution in [0.2, 0.25) is 0 Å². The fourth-order valence-electron chi connectivity index (χ4n) is 4.97. The van der Waals surface area contributed by atoms with E-state index in [4.69, 9.17) is 9.47 Å². The molecule has 1 aliphatic carbocycles. The van der Waals surface area contributed by atoms with E-state index in [-0.39, 0.29) is 22.6 Å². The van der Waals surface area contributed by atoms with Crippen LogP contribution in [0.15, 0.2) is 41.9 Å². The molecule has 6 nitrogen and oxygen atoms in total. The zero-order valence-corrected chi connectivity index (χ0v) is 19.8. The van der Waals surface area contributed by atoms with Gasteiger partial charge in [-0.15, -0.1) is 0 Å². The number of rotatable bonds is 6. The standard InChI is InChI=1S/C26H36N2O4/c1-25(2,10-11-26(3)9-8-22(29)23(16-26)31-4)28-17-19-6-5-7-20(21(19)18-28)24(30)27-12-14-32-15-13-27/h5-9,29H,10-18H2,1-4H3. The maximum Gasteiger partial charge on any atom is 0.254 e. The Morgan fingerprint density at radius 3 is 2.72 bits per heavy atom. The Bertz CT molecular complexity index is 930. The van der Waals surface area contributed by atoms with Gasteiger partial charge in [0, 0.05) is 43.7 Å². The predicted octanol–water partition coefficient (Wildman–Crippen LogP) is 4.42. The van der Waals surface area contributed by atoms with Crippen LogP contribution in [-0.2, 0) is 22.6 Å². The quantitative estimate of drug-likeness (QED) is 0.710. The van der Waals surface area contributed by atoms with E-state index in [0.29, 0.717) is 38.5 Å². The summed E-state index contributed by atoms with van der Waals surface area (Å²) in [6.07, 6.45) is 6.58. The number of allylic oxidation sites excluding steroid dienone is 3. The molecular formula is C26H36N2O4. The van der Waals surface area contributed by atoms with Crippen LogP contribution in [0.25, 0.3) is 0 Å². The van der Waals surface area contributed by atoms with Crippen molar-refractivity contribution in [2.45, 2.75) is 58.7 Å². The number of benzene rings is 1. The fraction of sp³-hybridized carbons (Fsp3) is 0.577. The molecule has 1 atom stereocenters. The number of carbonyl (C=O) groups excluding carboxylic acids is 1. The highest BCUT2D eigenvalue weighted by molar-refractivity contribution is 5.96. The summed E-state index contributed by atoms with van der Waals surface area (Å²) in [7, 11) is 1.62. The molecule has 0 radical (unpaired) electrons. The van der Waals surface area contributed by atoms with Gasteiger partial charge >= 0.3 is 0 Å². The van der Waals surface area contributed by atoms with E-state index in [0.717, 1.165) is 31.5 Å². The largest absolute Gasteiger partial charge is 0.504 e. The average Bonchev–Trinajstić information content (AvgIpc) is 3.25. The molecule has 0 bridgehead atoms. The Labute approximate surface area is 191 Å². The van der Waals surface area contributed by atoms with Crippen LogP contribution >= 0.6 is 0 Å². The van der Waals surface area contributed by atoms with E-state index in [9.17, 15) is 9.90 Å². The second kappa shape index (κ2) is 8.91. The normalized spacial score (nSPS) is 24.1. The molecule has 4 rings (SSSR count). The first-order valence-corrected chi connectivity index (χ1v) is 11.6. The van der Waals surface area contributed by atoms with Crippen molar-refractivity contribution < 1.29 is 19.4 Å². The van der Waals surface area contributed by atoms with Crippen molar-refractivity contribution in [3.05, 3.63) is 58.6 Å². The highest BCUT2D eigenvalue weighted by Gasteiger charge is 2.37. The highest BCUT2D eigenvalue weighted by atomic mass is 16.5. The smallest absolute Gasteiger partial charge is 0.254 e. The predicted molar refractivity (Wildman–Crippen MR) is 124 cm³/mol. The Kier molecular flexibility index (Phi) is 6.37. The third-order valence-electron chi connectivity index (χ3n) is 7.42. The molecule has 32 heavy (non-hydrogen) atoms. The van der Waals surface area contributed by atoms with Gasteiger partial charge in [-0.25, -0.2) is 0 Å². The minimum absolute atomic E-state index is 0.0222. The summed E-state index contributed by atoms with van der Waals surface area (Å²) in [4.78, 5) is 17.6. The van der Waals surface area contributed by atoms with Crippen molar-refractivity contribution in [3.8, 4) is 0 Å². The lowest BCUT2D eigenvalue weighted by molar-refractivity contribution is 0.0301. The number of nitrogens with zero attached hydrogens (tertiary/aromatic N) is 2. The van der Waals surface area contributed by atoms with E-state index in [1.54, 1.807) is 13.2 Å². The van der Waals surface area contributed by atoms with Gasteiger partial charge in [-0.05, 0) is 55.4 Å². The third kappa shape index (κ3) is 4.57. The molecular weight excluding hydrogens is 404 g/mol. The Hall–Kier alpha value is -2.31. The number of morpholine rings is 1. The van der Waals surface area contributed by atoms with Gasteiger partial charge in [0.15, 0.2) is 5.76 Å². The van der Waals surface area contributed by atoms with Gasteiger partial charge in [0.25, 0.3) is 5.91 Å². The molecule has 2 heterocycles. The molecule has 0 saturated carbocycles. The number of hydrogen-bond acceptors (Lipinski definition) is 5. The molecule has 6 heteroatoms. The monoisotopic (exact) mass is 440 g/mol. The number of ether oxygens (including phenoxy) is 2. The van der Waals surface area contributed by atoms with Crippen LogP contribution in [0.3, 0.4) is 0 Å². The Morgan fingerprint density at radius 2 is 2.00 bits per heavy atom. The number of aliphatic hydroxyl groups excluding tert-OH is 1. The summed E-state index contributed by atoms with van der Waals surface area (Å²) in [5.41, 5.74) is 3.21. The molecule has 0 spiro atoms. The van der Waals surface area contributed by atoms with Gasteiger partial charge in [0.05, 0.1) is 20.3 Å². The molecule has 1 unspecified atom stereocenters. The van der Waals surface area contributed by atoms with E-state index < -0.39 is 0 Å². The molecule has 0 aromatic heterocycles. The number of aliphatic hydroxyl groups is 1. The van der Waals surface area contributed by atoms with Crippen LogP contribution in [0.1, 0.15) is 61.5 Å². The second-order valence-electron chi connectivity index (χ2n) is 10.2. The summed E-state index contributed by atoms with van der Waals surface area (Å²) < 4.78 is 10.8.